The summed E-state index contributed by atoms with van der Waals surface area (Å²) in [5.74, 6) is 0. The molecule has 3 nitrogen and oxygen atoms in total. The minimum Gasteiger partial charge on any atom is -0.344 e. The first-order chi connectivity index (χ1) is 35.2. The highest BCUT2D eigenvalue weighted by atomic mass is 15.2. The van der Waals surface area contributed by atoms with E-state index in [1.165, 1.54) is 88.6 Å². The second kappa shape index (κ2) is 16.2. The molecule has 2 aliphatic rings. The van der Waals surface area contributed by atoms with Crippen LogP contribution in [0.25, 0.3) is 66.3 Å². The molecule has 1 heterocycles. The molecule has 11 aromatic carbocycles. The molecule has 0 bridgehead atoms. The maximum Gasteiger partial charge on any atom is 0.0727 e. The highest BCUT2D eigenvalue weighted by molar-refractivity contribution is 6.10. The molecule has 0 N–H and O–H groups in total. The fraction of sp³-hybridized carbons (Fsp3) is 0.0294. The molecule has 1 spiro atoms. The van der Waals surface area contributed by atoms with Crippen LogP contribution in [0, 0.1) is 0 Å². The number of hydrogen-bond acceptors (Lipinski definition) is 2. The lowest BCUT2D eigenvalue weighted by Gasteiger charge is -2.34. The summed E-state index contributed by atoms with van der Waals surface area (Å²) in [4.78, 5) is 4.94. The molecule has 0 saturated carbocycles. The quantitative estimate of drug-likeness (QED) is 0.151. The van der Waals surface area contributed by atoms with Crippen LogP contribution in [0.3, 0.4) is 0 Å². The minimum absolute atomic E-state index is 0.660. The monoisotopic (exact) mass is 905 g/mol. The van der Waals surface area contributed by atoms with E-state index in [1.54, 1.807) is 0 Å². The van der Waals surface area contributed by atoms with Crippen molar-refractivity contribution >= 4 is 55.9 Å². The SMILES string of the molecule is Cn1c2ccccc2c2ccc(N(c3ccccc3)c3cc4c(cc3-c3ccccc3)-c3ccccc3C43c4ccccc4-c4cc(-c5ccccc5)c(N(c5ccccc5)c5ccccc5)cc43)cc21. The molecular weight excluding hydrogens is 859 g/mol. The zero-order valence-corrected chi connectivity index (χ0v) is 39.2. The number of rotatable bonds is 8. The molecule has 3 heteroatoms. The van der Waals surface area contributed by atoms with E-state index in [4.69, 9.17) is 0 Å². The van der Waals surface area contributed by atoms with Crippen LogP contribution in [-0.4, -0.2) is 4.57 Å². The van der Waals surface area contributed by atoms with E-state index in [9.17, 15) is 0 Å². The Hall–Kier alpha value is -9.18. The van der Waals surface area contributed by atoms with Crippen LogP contribution in [0.15, 0.2) is 267 Å². The number of aromatic nitrogens is 1. The lowest BCUT2D eigenvalue weighted by Crippen LogP contribution is -2.27. The molecular formula is C68H47N3. The van der Waals surface area contributed by atoms with Crippen molar-refractivity contribution in [3.8, 4) is 44.5 Å². The topological polar surface area (TPSA) is 11.4 Å². The second-order valence-electron chi connectivity index (χ2n) is 18.9. The van der Waals surface area contributed by atoms with E-state index in [1.807, 2.05) is 0 Å². The smallest absolute Gasteiger partial charge is 0.0727 e. The van der Waals surface area contributed by atoms with Crippen molar-refractivity contribution < 1.29 is 0 Å². The first-order valence-electron chi connectivity index (χ1n) is 24.6. The Balaban J connectivity index is 1.10. The number of fused-ring (bicyclic) bond motifs is 13. The number of nitrogens with zero attached hydrogens (tertiary/aromatic N) is 3. The maximum absolute atomic E-state index is 2.55. The van der Waals surface area contributed by atoms with Crippen LogP contribution >= 0.6 is 0 Å². The van der Waals surface area contributed by atoms with Crippen LogP contribution in [0.4, 0.5) is 34.1 Å². The normalized spacial score (nSPS) is 14.0. The Labute approximate surface area is 414 Å². The van der Waals surface area contributed by atoms with Gasteiger partial charge in [-0.2, -0.15) is 0 Å². The van der Waals surface area contributed by atoms with Gasteiger partial charge in [0.15, 0.2) is 0 Å². The molecule has 71 heavy (non-hydrogen) atoms. The van der Waals surface area contributed by atoms with Crippen LogP contribution in [0.2, 0.25) is 0 Å². The van der Waals surface area contributed by atoms with Crippen LogP contribution in [0.5, 0.6) is 0 Å². The molecule has 0 radical (unpaired) electrons. The average molecular weight is 906 g/mol. The summed E-state index contributed by atoms with van der Waals surface area (Å²) in [7, 11) is 2.19. The van der Waals surface area contributed by atoms with E-state index in [2.05, 4.69) is 288 Å². The predicted octanol–water partition coefficient (Wildman–Crippen LogP) is 17.9. The Morgan fingerprint density at radius 1 is 0.282 bits per heavy atom. The molecule has 1 atom stereocenters. The lowest BCUT2D eigenvalue weighted by atomic mass is 9.70. The molecule has 2 aliphatic carbocycles. The van der Waals surface area contributed by atoms with Gasteiger partial charge < -0.3 is 14.4 Å². The summed E-state index contributed by atoms with van der Waals surface area (Å²) in [5, 5.41) is 2.51. The molecule has 0 saturated heterocycles. The van der Waals surface area contributed by atoms with Gasteiger partial charge in [-0.25, -0.2) is 0 Å². The lowest BCUT2D eigenvalue weighted by molar-refractivity contribution is 0.793. The number of anilines is 6. The third-order valence-electron chi connectivity index (χ3n) is 15.2. The summed E-state index contributed by atoms with van der Waals surface area (Å²) in [6.45, 7) is 0. The fourth-order valence-corrected chi connectivity index (χ4v) is 12.1. The Bertz CT molecular complexity index is 3940. The Morgan fingerprint density at radius 2 is 0.676 bits per heavy atom. The highest BCUT2D eigenvalue weighted by Crippen LogP contribution is 2.65. The third kappa shape index (κ3) is 6.16. The van der Waals surface area contributed by atoms with Gasteiger partial charge in [0.1, 0.15) is 0 Å². The predicted molar refractivity (Wildman–Crippen MR) is 297 cm³/mol. The van der Waals surface area contributed by atoms with Crippen LogP contribution in [0.1, 0.15) is 22.3 Å². The van der Waals surface area contributed by atoms with Crippen LogP contribution < -0.4 is 9.80 Å². The van der Waals surface area contributed by atoms with Gasteiger partial charge in [0.05, 0.1) is 22.3 Å². The Kier molecular flexibility index (Phi) is 9.33. The van der Waals surface area contributed by atoms with E-state index in [-0.39, 0.29) is 0 Å². The first kappa shape index (κ1) is 40.8. The standard InChI is InChI=1S/C68H47N3/c1-69-64-38-22-19-35-54(64)55-40-39-51(41-65(55)69)71(50-31-15-6-16-32-50)67-45-63-59(43-57(67)47-25-9-3-10-26-47)53-34-18-21-37-61(53)68(63)60-36-20-17-33-52(60)58-42-56(46-23-7-2-8-24-46)66(44-62(58)68)70(48-27-11-4-12-28-48)49-29-13-5-14-30-49/h2-45H,1H3. The van der Waals surface area contributed by atoms with E-state index in [0.717, 1.165) is 34.1 Å². The fourth-order valence-electron chi connectivity index (χ4n) is 12.1. The third-order valence-corrected chi connectivity index (χ3v) is 15.2. The zero-order chi connectivity index (χ0) is 47.0. The van der Waals surface area contributed by atoms with Gasteiger partial charge in [0.25, 0.3) is 0 Å². The number of para-hydroxylation sites is 4. The summed E-state index contributed by atoms with van der Waals surface area (Å²) in [6.07, 6.45) is 0. The van der Waals surface area contributed by atoms with Gasteiger partial charge in [-0.05, 0) is 134 Å². The van der Waals surface area contributed by atoms with Crippen molar-refractivity contribution in [1.29, 1.82) is 0 Å². The number of aryl methyl sites for hydroxylation is 1. The molecule has 12 aromatic rings. The summed E-state index contributed by atoms with van der Waals surface area (Å²) >= 11 is 0. The van der Waals surface area contributed by atoms with Gasteiger partial charge >= 0.3 is 0 Å². The summed E-state index contributed by atoms with van der Waals surface area (Å²) in [5.41, 5.74) is 23.2. The van der Waals surface area contributed by atoms with Crippen molar-refractivity contribution in [3.05, 3.63) is 289 Å². The van der Waals surface area contributed by atoms with Gasteiger partial charge in [-0.3, -0.25) is 0 Å². The van der Waals surface area contributed by atoms with Gasteiger partial charge in [0.2, 0.25) is 0 Å². The average Bonchev–Trinajstić information content (AvgIpc) is 4.02. The van der Waals surface area contributed by atoms with Crippen LogP contribution in [-0.2, 0) is 12.5 Å². The summed E-state index contributed by atoms with van der Waals surface area (Å²) in [6, 6.07) is 98.7. The van der Waals surface area contributed by atoms with E-state index in [0.29, 0.717) is 0 Å². The molecule has 0 aliphatic heterocycles. The van der Waals surface area contributed by atoms with Crippen molar-refractivity contribution in [3.63, 3.8) is 0 Å². The molecule has 1 unspecified atom stereocenters. The first-order valence-corrected chi connectivity index (χ1v) is 24.6. The van der Waals surface area contributed by atoms with Gasteiger partial charge in [-0.1, -0.05) is 188 Å². The summed E-state index contributed by atoms with van der Waals surface area (Å²) < 4.78 is 2.34. The largest absolute Gasteiger partial charge is 0.344 e. The molecule has 0 fully saturated rings. The van der Waals surface area contributed by atoms with Crippen molar-refractivity contribution in [2.75, 3.05) is 9.80 Å². The van der Waals surface area contributed by atoms with Crippen molar-refractivity contribution in [2.45, 2.75) is 5.41 Å². The second-order valence-corrected chi connectivity index (χ2v) is 18.9. The number of benzene rings is 11. The molecule has 1 aromatic heterocycles. The zero-order valence-electron chi connectivity index (χ0n) is 39.2. The van der Waals surface area contributed by atoms with Gasteiger partial charge in [0, 0.05) is 57.2 Å². The minimum atomic E-state index is -0.660. The maximum atomic E-state index is 2.55. The van der Waals surface area contributed by atoms with Gasteiger partial charge in [-0.15, -0.1) is 0 Å². The Morgan fingerprint density at radius 3 is 1.17 bits per heavy atom. The number of hydrogen-bond donors (Lipinski definition) is 0. The van der Waals surface area contributed by atoms with Crippen molar-refractivity contribution in [1.82, 2.24) is 4.57 Å². The molecule has 334 valence electrons. The van der Waals surface area contributed by atoms with Crippen molar-refractivity contribution in [2.24, 2.45) is 7.05 Å². The highest BCUT2D eigenvalue weighted by Gasteiger charge is 2.52. The molecule has 0 amide bonds. The van der Waals surface area contributed by atoms with E-state index < -0.39 is 5.41 Å². The molecule has 14 rings (SSSR count). The van der Waals surface area contributed by atoms with E-state index >= 15 is 0 Å².